The second-order valence-corrected chi connectivity index (χ2v) is 10.8. The molecule has 0 saturated heterocycles. The number of benzene rings is 2. The minimum atomic E-state index is -4.33. The van der Waals surface area contributed by atoms with Crippen molar-refractivity contribution in [1.29, 1.82) is 0 Å². The van der Waals surface area contributed by atoms with Crippen LogP contribution in [0.5, 0.6) is 11.5 Å². The summed E-state index contributed by atoms with van der Waals surface area (Å²) in [5.41, 5.74) is 3.09. The molecule has 6 nitrogen and oxygen atoms in total. The van der Waals surface area contributed by atoms with Gasteiger partial charge in [0.2, 0.25) is 5.69 Å². The van der Waals surface area contributed by atoms with Crippen molar-refractivity contribution in [2.75, 3.05) is 0 Å². The van der Waals surface area contributed by atoms with Gasteiger partial charge in [-0.2, -0.15) is 4.57 Å². The maximum absolute atomic E-state index is 12.2. The normalized spacial score (nSPS) is 17.2. The molecule has 1 atom stereocenters. The summed E-state index contributed by atoms with van der Waals surface area (Å²) in [7, 11) is -4.33. The lowest BCUT2D eigenvalue weighted by Crippen LogP contribution is -2.46. The van der Waals surface area contributed by atoms with Gasteiger partial charge in [-0.3, -0.25) is 4.57 Å². The van der Waals surface area contributed by atoms with Crippen LogP contribution in [0.4, 0.5) is 0 Å². The second kappa shape index (κ2) is 10.0. The number of allylic oxidation sites excluding steroid dienone is 4. The number of pyridine rings is 2. The first kappa shape index (κ1) is 23.9. The largest absolute Gasteiger partial charge is 0.457 e. The fourth-order valence-corrected chi connectivity index (χ4v) is 5.22. The minimum absolute atomic E-state index is 0.206. The molecule has 0 spiro atoms. The van der Waals surface area contributed by atoms with E-state index in [1.54, 1.807) is 18.2 Å². The van der Waals surface area contributed by atoms with Crippen molar-refractivity contribution in [3.8, 4) is 28.3 Å². The zero-order chi connectivity index (χ0) is 25.0. The van der Waals surface area contributed by atoms with E-state index >= 15 is 0 Å². The summed E-state index contributed by atoms with van der Waals surface area (Å²) >= 11 is 0. The Bertz CT molecular complexity index is 1430. The van der Waals surface area contributed by atoms with Gasteiger partial charge in [0.25, 0.3) is 0 Å². The highest BCUT2D eigenvalue weighted by Crippen LogP contribution is 2.54. The Morgan fingerprint density at radius 2 is 1.39 bits per heavy atom. The molecule has 5 rings (SSSR count). The fraction of sp³-hybridized carbons (Fsp3) is 0.103. The van der Waals surface area contributed by atoms with Crippen LogP contribution in [0.15, 0.2) is 128 Å². The number of hydrogen-bond acceptors (Lipinski definition) is 2. The zero-order valence-corrected chi connectivity index (χ0v) is 20.5. The Hall–Kier alpha value is -3.83. The SMILES string of the molecule is O=P(O)(O)C1(C[n+]2ccc(-c3cc[n+](-c4ccc(Oc5ccccc5)cc4)cc3)cc2)C=CC=CC1. The average Bonchev–Trinajstić information content (AvgIpc) is 2.90. The van der Waals surface area contributed by atoms with Crippen LogP contribution in [0, 0.1) is 0 Å². The molecular formula is C29H27N2O4P+2. The first-order chi connectivity index (χ1) is 17.4. The molecular weight excluding hydrogens is 471 g/mol. The molecule has 180 valence electrons. The van der Waals surface area contributed by atoms with Crippen LogP contribution in [-0.4, -0.2) is 14.9 Å². The third-order valence-corrected chi connectivity index (χ3v) is 7.96. The van der Waals surface area contributed by atoms with Crippen LogP contribution in [0.25, 0.3) is 16.8 Å². The summed E-state index contributed by atoms with van der Waals surface area (Å²) in [4.78, 5) is 20.0. The Morgan fingerprint density at radius 1 is 0.778 bits per heavy atom. The summed E-state index contributed by atoms with van der Waals surface area (Å²) in [5, 5.41) is -1.21. The fourth-order valence-electron chi connectivity index (χ4n) is 4.25. The highest BCUT2D eigenvalue weighted by molar-refractivity contribution is 7.53. The number of aromatic nitrogens is 2. The Labute approximate surface area is 210 Å². The predicted octanol–water partition coefficient (Wildman–Crippen LogP) is 5.14. The maximum Gasteiger partial charge on any atom is 0.342 e. The Morgan fingerprint density at radius 3 is 1.97 bits per heavy atom. The van der Waals surface area contributed by atoms with Gasteiger partial charge in [-0.1, -0.05) is 42.5 Å². The molecule has 2 aromatic carbocycles. The van der Waals surface area contributed by atoms with Crippen LogP contribution in [0.2, 0.25) is 0 Å². The van der Waals surface area contributed by atoms with E-state index in [1.165, 1.54) is 0 Å². The maximum atomic E-state index is 12.2. The summed E-state index contributed by atoms with van der Waals surface area (Å²) in [6, 6.07) is 25.6. The molecule has 0 radical (unpaired) electrons. The van der Waals surface area contributed by atoms with Gasteiger partial charge < -0.3 is 14.5 Å². The molecule has 4 aromatic rings. The highest BCUT2D eigenvalue weighted by Gasteiger charge is 2.48. The lowest BCUT2D eigenvalue weighted by molar-refractivity contribution is -0.699. The number of nitrogens with zero attached hydrogens (tertiary/aromatic N) is 2. The molecule has 36 heavy (non-hydrogen) atoms. The molecule has 1 aliphatic carbocycles. The summed E-state index contributed by atoms with van der Waals surface area (Å²) in [6.45, 7) is 0.206. The average molecular weight is 499 g/mol. The molecule has 0 aliphatic heterocycles. The van der Waals surface area contributed by atoms with Gasteiger partial charge >= 0.3 is 7.60 Å². The van der Waals surface area contributed by atoms with E-state index in [4.69, 9.17) is 4.74 Å². The van der Waals surface area contributed by atoms with Gasteiger partial charge in [-0.25, -0.2) is 4.57 Å². The van der Waals surface area contributed by atoms with Crippen molar-refractivity contribution >= 4 is 7.60 Å². The monoisotopic (exact) mass is 498 g/mol. The van der Waals surface area contributed by atoms with E-state index in [0.29, 0.717) is 6.42 Å². The van der Waals surface area contributed by atoms with E-state index in [9.17, 15) is 14.4 Å². The predicted molar refractivity (Wildman–Crippen MR) is 138 cm³/mol. The summed E-state index contributed by atoms with van der Waals surface area (Å²) in [5.74, 6) is 1.58. The lowest BCUT2D eigenvalue weighted by Gasteiger charge is -2.28. The number of hydrogen-bond donors (Lipinski definition) is 2. The second-order valence-electron chi connectivity index (χ2n) is 8.80. The number of rotatable bonds is 7. The van der Waals surface area contributed by atoms with Crippen molar-refractivity contribution in [1.82, 2.24) is 0 Å². The molecule has 1 unspecified atom stereocenters. The quantitative estimate of drug-likeness (QED) is 0.273. The van der Waals surface area contributed by atoms with Crippen molar-refractivity contribution in [3.05, 3.63) is 128 Å². The molecule has 2 heterocycles. The summed E-state index contributed by atoms with van der Waals surface area (Å²) < 4.78 is 22.0. The molecule has 0 bridgehead atoms. The number of ether oxygens (including phenoxy) is 1. The lowest BCUT2D eigenvalue weighted by atomic mass is 9.99. The van der Waals surface area contributed by atoms with Crippen molar-refractivity contribution < 1.29 is 28.2 Å². The van der Waals surface area contributed by atoms with Gasteiger partial charge in [-0.15, -0.1) is 0 Å². The van der Waals surface area contributed by atoms with Crippen LogP contribution in [0.1, 0.15) is 6.42 Å². The van der Waals surface area contributed by atoms with Crippen LogP contribution in [-0.2, 0) is 11.1 Å². The minimum Gasteiger partial charge on any atom is -0.457 e. The van der Waals surface area contributed by atoms with Gasteiger partial charge in [0, 0.05) is 36.4 Å². The van der Waals surface area contributed by atoms with E-state index in [1.807, 2.05) is 119 Å². The van der Waals surface area contributed by atoms with Crippen molar-refractivity contribution in [2.45, 2.75) is 18.1 Å². The highest BCUT2D eigenvalue weighted by atomic mass is 31.2. The molecule has 2 N–H and O–H groups in total. The molecule has 0 saturated carbocycles. The van der Waals surface area contributed by atoms with Gasteiger partial charge in [0.05, 0.1) is 0 Å². The summed E-state index contributed by atoms with van der Waals surface area (Å²) in [6.07, 6.45) is 15.0. The smallest absolute Gasteiger partial charge is 0.342 e. The van der Waals surface area contributed by atoms with Gasteiger partial charge in [0.1, 0.15) is 11.5 Å². The topological polar surface area (TPSA) is 74.5 Å². The first-order valence-electron chi connectivity index (χ1n) is 11.7. The molecule has 0 fully saturated rings. The van der Waals surface area contributed by atoms with E-state index in [2.05, 4.69) is 0 Å². The van der Waals surface area contributed by atoms with Crippen LogP contribution >= 0.6 is 7.60 Å². The molecule has 2 aromatic heterocycles. The van der Waals surface area contributed by atoms with E-state index in [0.717, 1.165) is 28.3 Å². The molecule has 0 amide bonds. The molecule has 7 heteroatoms. The van der Waals surface area contributed by atoms with Gasteiger partial charge in [-0.05, 0) is 41.8 Å². The van der Waals surface area contributed by atoms with E-state index < -0.39 is 12.8 Å². The van der Waals surface area contributed by atoms with Gasteiger partial charge in [0.15, 0.2) is 36.5 Å². The number of para-hydroxylation sites is 1. The van der Waals surface area contributed by atoms with Crippen LogP contribution in [0.3, 0.4) is 0 Å². The van der Waals surface area contributed by atoms with Crippen molar-refractivity contribution in [3.63, 3.8) is 0 Å². The third-order valence-electron chi connectivity index (χ3n) is 6.33. The van der Waals surface area contributed by atoms with Crippen LogP contribution < -0.4 is 13.9 Å². The van der Waals surface area contributed by atoms with Crippen molar-refractivity contribution in [2.24, 2.45) is 0 Å². The third kappa shape index (κ3) is 5.21. The Balaban J connectivity index is 1.28. The van der Waals surface area contributed by atoms with E-state index in [-0.39, 0.29) is 6.54 Å². The Kier molecular flexibility index (Phi) is 6.66. The molecule has 1 aliphatic rings. The standard InChI is InChI=1S/C29H25N2O4P/c32-36(33,34)29(17-5-2-6-18-29)23-30-19-13-24(14-20-30)25-15-21-31(22-16-25)26-9-11-28(12-10-26)35-27-7-3-1-4-8-27/h1-17,19-22H,18,23H2/p+2. The first-order valence-corrected chi connectivity index (χ1v) is 13.3. The zero-order valence-electron chi connectivity index (χ0n) is 19.6.